The summed E-state index contributed by atoms with van der Waals surface area (Å²) in [6, 6.07) is 6.25. The van der Waals surface area contributed by atoms with Crippen LogP contribution in [0.25, 0.3) is 11.3 Å². The van der Waals surface area contributed by atoms with E-state index in [9.17, 15) is 0 Å². The van der Waals surface area contributed by atoms with Gasteiger partial charge in [0.2, 0.25) is 0 Å². The van der Waals surface area contributed by atoms with Crippen molar-refractivity contribution in [3.8, 4) is 11.3 Å². The van der Waals surface area contributed by atoms with E-state index in [0.29, 0.717) is 0 Å². The quantitative estimate of drug-likeness (QED) is 0.876. The van der Waals surface area contributed by atoms with Crippen LogP contribution in [0.1, 0.15) is 39.1 Å². The smallest absolute Gasteiger partial charge is 0.132 e. The summed E-state index contributed by atoms with van der Waals surface area (Å²) in [4.78, 5) is 4.76. The lowest BCUT2D eigenvalue weighted by atomic mass is 10.1. The molecule has 20 heavy (non-hydrogen) atoms. The number of halogens is 1. The third-order valence-corrected chi connectivity index (χ3v) is 4.01. The highest BCUT2D eigenvalue weighted by Gasteiger charge is 2.24. The summed E-state index contributed by atoms with van der Waals surface area (Å²) in [7, 11) is 0. The van der Waals surface area contributed by atoms with Gasteiger partial charge in [0.25, 0.3) is 0 Å². The number of hydrogen-bond donors (Lipinski definition) is 1. The summed E-state index contributed by atoms with van der Waals surface area (Å²) in [5.74, 6) is 1.76. The zero-order valence-electron chi connectivity index (χ0n) is 12.8. The number of nitrogens with two attached hydrogens (primary N) is 1. The predicted octanol–water partition coefficient (Wildman–Crippen LogP) is 4.52. The number of imidazole rings is 1. The van der Waals surface area contributed by atoms with E-state index in [-0.39, 0.29) is 5.54 Å². The van der Waals surface area contributed by atoms with Crippen LogP contribution in [0.2, 0.25) is 0 Å². The molecule has 1 aromatic carbocycles. The van der Waals surface area contributed by atoms with Gasteiger partial charge in [0, 0.05) is 22.0 Å². The van der Waals surface area contributed by atoms with Gasteiger partial charge in [0.05, 0.1) is 0 Å². The molecule has 0 aliphatic rings. The van der Waals surface area contributed by atoms with Crippen molar-refractivity contribution < 1.29 is 0 Å². The maximum atomic E-state index is 6.38. The van der Waals surface area contributed by atoms with Gasteiger partial charge in [0.15, 0.2) is 0 Å². The number of nitrogens with zero attached hydrogens (tertiary/aromatic N) is 2. The van der Waals surface area contributed by atoms with Crippen molar-refractivity contribution in [2.45, 2.75) is 46.6 Å². The fraction of sp³-hybridized carbons (Fsp3) is 0.438. The van der Waals surface area contributed by atoms with Crippen LogP contribution in [0.15, 0.2) is 22.7 Å². The molecule has 0 radical (unpaired) electrons. The van der Waals surface area contributed by atoms with Crippen LogP contribution < -0.4 is 5.73 Å². The summed E-state index contributed by atoms with van der Waals surface area (Å²) in [6.45, 7) is 10.6. The molecule has 2 aromatic rings. The molecule has 1 heterocycles. The Balaban J connectivity index is 2.67. The van der Waals surface area contributed by atoms with Crippen molar-refractivity contribution in [1.29, 1.82) is 0 Å². The predicted molar refractivity (Wildman–Crippen MR) is 88.9 cm³/mol. The monoisotopic (exact) mass is 335 g/mol. The maximum Gasteiger partial charge on any atom is 0.132 e. The summed E-state index contributed by atoms with van der Waals surface area (Å²) in [5, 5.41) is 0. The maximum absolute atomic E-state index is 6.38. The molecular weight excluding hydrogens is 314 g/mol. The molecule has 0 amide bonds. The Kier molecular flexibility index (Phi) is 3.96. The first-order valence-electron chi connectivity index (χ1n) is 6.89. The minimum atomic E-state index is -0.0716. The number of benzene rings is 1. The lowest BCUT2D eigenvalue weighted by Gasteiger charge is -2.24. The summed E-state index contributed by atoms with van der Waals surface area (Å²) < 4.78 is 3.17. The fourth-order valence-electron chi connectivity index (χ4n) is 2.48. The van der Waals surface area contributed by atoms with E-state index in [2.05, 4.69) is 73.3 Å². The van der Waals surface area contributed by atoms with Crippen LogP contribution in [-0.4, -0.2) is 9.55 Å². The molecule has 0 atom stereocenters. The van der Waals surface area contributed by atoms with Gasteiger partial charge in [-0.2, -0.15) is 0 Å². The van der Waals surface area contributed by atoms with Crippen LogP contribution in [0.4, 0.5) is 5.82 Å². The molecule has 0 saturated carbocycles. The van der Waals surface area contributed by atoms with E-state index in [1.54, 1.807) is 0 Å². The number of anilines is 1. The second kappa shape index (κ2) is 5.24. The standard InChI is InChI=1S/C16H22BrN3/c1-6-13-19-14(15(18)20(13)16(3,4)5)11-8-7-10(2)9-12(11)17/h7-9H,6,18H2,1-5H3. The molecule has 2 N–H and O–H groups in total. The molecule has 108 valence electrons. The van der Waals surface area contributed by atoms with Crippen LogP contribution in [0, 0.1) is 6.92 Å². The number of rotatable bonds is 2. The Morgan fingerprint density at radius 1 is 1.30 bits per heavy atom. The van der Waals surface area contributed by atoms with Crippen molar-refractivity contribution in [2.75, 3.05) is 5.73 Å². The lowest BCUT2D eigenvalue weighted by molar-refractivity contribution is 0.389. The Hall–Kier alpha value is -1.29. The average molecular weight is 336 g/mol. The second-order valence-electron chi connectivity index (χ2n) is 6.10. The van der Waals surface area contributed by atoms with Gasteiger partial charge >= 0.3 is 0 Å². The molecule has 3 nitrogen and oxygen atoms in total. The average Bonchev–Trinajstić information content (AvgIpc) is 2.66. The van der Waals surface area contributed by atoms with Gasteiger partial charge in [-0.05, 0) is 39.3 Å². The van der Waals surface area contributed by atoms with E-state index in [1.807, 2.05) is 0 Å². The van der Waals surface area contributed by atoms with Crippen LogP contribution >= 0.6 is 15.9 Å². The van der Waals surface area contributed by atoms with Gasteiger partial charge in [-0.1, -0.05) is 35.0 Å². The van der Waals surface area contributed by atoms with Crippen molar-refractivity contribution in [3.63, 3.8) is 0 Å². The highest BCUT2D eigenvalue weighted by Crippen LogP contribution is 2.35. The van der Waals surface area contributed by atoms with Crippen LogP contribution in [-0.2, 0) is 12.0 Å². The Morgan fingerprint density at radius 3 is 2.40 bits per heavy atom. The first kappa shape index (κ1) is 15.1. The minimum absolute atomic E-state index is 0.0716. The molecule has 0 spiro atoms. The Labute approximate surface area is 129 Å². The summed E-state index contributed by atoms with van der Waals surface area (Å²) in [6.07, 6.45) is 0.866. The van der Waals surface area contributed by atoms with Gasteiger partial charge in [-0.25, -0.2) is 4.98 Å². The van der Waals surface area contributed by atoms with E-state index in [4.69, 9.17) is 10.7 Å². The molecule has 2 rings (SSSR count). The second-order valence-corrected chi connectivity index (χ2v) is 6.96. The Bertz CT molecular complexity index is 636. The molecule has 0 bridgehead atoms. The van der Waals surface area contributed by atoms with E-state index >= 15 is 0 Å². The van der Waals surface area contributed by atoms with Crippen molar-refractivity contribution in [1.82, 2.24) is 9.55 Å². The van der Waals surface area contributed by atoms with Crippen molar-refractivity contribution in [2.24, 2.45) is 0 Å². The SMILES string of the molecule is CCc1nc(-c2ccc(C)cc2Br)c(N)n1C(C)(C)C. The van der Waals surface area contributed by atoms with E-state index in [1.165, 1.54) is 5.56 Å². The van der Waals surface area contributed by atoms with E-state index < -0.39 is 0 Å². The zero-order chi connectivity index (χ0) is 15.1. The first-order valence-corrected chi connectivity index (χ1v) is 7.69. The highest BCUT2D eigenvalue weighted by molar-refractivity contribution is 9.10. The third-order valence-electron chi connectivity index (χ3n) is 3.35. The molecule has 0 aliphatic carbocycles. The molecule has 0 aliphatic heterocycles. The largest absolute Gasteiger partial charge is 0.383 e. The minimum Gasteiger partial charge on any atom is -0.383 e. The number of nitrogen functional groups attached to an aromatic ring is 1. The van der Waals surface area contributed by atoms with Crippen LogP contribution in [0.3, 0.4) is 0 Å². The summed E-state index contributed by atoms with van der Waals surface area (Å²) in [5.41, 5.74) is 9.44. The molecule has 0 unspecified atom stereocenters. The summed E-state index contributed by atoms with van der Waals surface area (Å²) >= 11 is 3.62. The third kappa shape index (κ3) is 2.62. The molecular formula is C16H22BrN3. The lowest BCUT2D eigenvalue weighted by Crippen LogP contribution is -2.25. The first-order chi connectivity index (χ1) is 9.25. The topological polar surface area (TPSA) is 43.8 Å². The van der Waals surface area contributed by atoms with E-state index in [0.717, 1.165) is 33.8 Å². The number of aryl methyl sites for hydroxylation is 2. The van der Waals surface area contributed by atoms with Crippen LogP contribution in [0.5, 0.6) is 0 Å². The number of hydrogen-bond acceptors (Lipinski definition) is 2. The number of aromatic nitrogens is 2. The van der Waals surface area contributed by atoms with Crippen molar-refractivity contribution >= 4 is 21.7 Å². The van der Waals surface area contributed by atoms with Crippen molar-refractivity contribution in [3.05, 3.63) is 34.1 Å². The molecule has 0 fully saturated rings. The van der Waals surface area contributed by atoms with Gasteiger partial charge in [-0.15, -0.1) is 0 Å². The highest BCUT2D eigenvalue weighted by atomic mass is 79.9. The Morgan fingerprint density at radius 2 is 1.95 bits per heavy atom. The molecule has 0 saturated heterocycles. The van der Waals surface area contributed by atoms with Gasteiger partial charge in [0.1, 0.15) is 17.3 Å². The molecule has 1 aromatic heterocycles. The van der Waals surface area contributed by atoms with Gasteiger partial charge in [-0.3, -0.25) is 0 Å². The normalized spacial score (nSPS) is 11.9. The van der Waals surface area contributed by atoms with Gasteiger partial charge < -0.3 is 10.3 Å². The molecule has 4 heteroatoms. The fourth-order valence-corrected chi connectivity index (χ4v) is 3.16. The zero-order valence-corrected chi connectivity index (χ0v) is 14.4.